The van der Waals surface area contributed by atoms with Crippen molar-refractivity contribution in [3.8, 4) is 0 Å². The number of fused-ring (bicyclic) bond motifs is 1. The number of carbonyl (C=O) groups is 1. The van der Waals surface area contributed by atoms with Gasteiger partial charge in [-0.15, -0.1) is 0 Å². The monoisotopic (exact) mass is 431 g/mol. The molecule has 2 heterocycles. The Morgan fingerprint density at radius 3 is 2.60 bits per heavy atom. The molecular weight excluding hydrogens is 409 g/mol. The molecule has 0 aliphatic carbocycles. The maximum absolute atomic E-state index is 13.7. The molecule has 3 rings (SSSR count). The lowest BCUT2D eigenvalue weighted by Gasteiger charge is -2.15. The van der Waals surface area contributed by atoms with Gasteiger partial charge in [0.05, 0.1) is 11.4 Å². The third-order valence-corrected chi connectivity index (χ3v) is 5.27. The number of carbonyl (C=O) groups excluding carboxylic acids is 1. The number of hydrogen-bond donors (Lipinski definition) is 1. The van der Waals surface area contributed by atoms with Gasteiger partial charge in [-0.3, -0.25) is 18.7 Å². The van der Waals surface area contributed by atoms with Crippen LogP contribution in [0, 0.1) is 18.7 Å². The number of benzene rings is 1. The van der Waals surface area contributed by atoms with Crippen molar-refractivity contribution in [2.24, 2.45) is 13.0 Å². The van der Waals surface area contributed by atoms with Gasteiger partial charge < -0.3 is 5.32 Å². The molecule has 0 spiro atoms. The van der Waals surface area contributed by atoms with E-state index in [2.05, 4.69) is 15.3 Å². The van der Waals surface area contributed by atoms with Crippen molar-refractivity contribution in [3.05, 3.63) is 56.7 Å². The molecule has 158 valence electrons. The van der Waals surface area contributed by atoms with E-state index in [-0.39, 0.29) is 28.4 Å². The normalized spacial score (nSPS) is 11.3. The molecule has 3 aromatic rings. The highest BCUT2D eigenvalue weighted by Crippen LogP contribution is 2.23. The Balaban J connectivity index is 1.99. The Kier molecular flexibility index (Phi) is 6.35. The van der Waals surface area contributed by atoms with E-state index in [4.69, 9.17) is 0 Å². The van der Waals surface area contributed by atoms with Crippen LogP contribution in [0.25, 0.3) is 11.0 Å². The number of nitrogens with one attached hydrogen (secondary N) is 1. The van der Waals surface area contributed by atoms with E-state index in [9.17, 15) is 18.8 Å². The fourth-order valence-electron chi connectivity index (χ4n) is 2.96. The number of hydrogen-bond acceptors (Lipinski definition) is 6. The maximum Gasteiger partial charge on any atom is 0.332 e. The summed E-state index contributed by atoms with van der Waals surface area (Å²) >= 11 is 1.04. The molecule has 2 aromatic heterocycles. The second-order valence-electron chi connectivity index (χ2n) is 7.24. The van der Waals surface area contributed by atoms with E-state index in [1.54, 1.807) is 13.0 Å². The van der Waals surface area contributed by atoms with Gasteiger partial charge in [0, 0.05) is 13.6 Å². The Morgan fingerprint density at radius 1 is 1.23 bits per heavy atom. The lowest BCUT2D eigenvalue weighted by molar-refractivity contribution is -0.113. The Morgan fingerprint density at radius 2 is 1.93 bits per heavy atom. The third kappa shape index (κ3) is 4.43. The van der Waals surface area contributed by atoms with Gasteiger partial charge in [-0.05, 0) is 25.0 Å². The number of rotatable bonds is 6. The van der Waals surface area contributed by atoms with Crippen molar-refractivity contribution < 1.29 is 9.18 Å². The molecule has 0 bridgehead atoms. The number of amides is 1. The minimum absolute atomic E-state index is 0.0773. The molecule has 0 saturated heterocycles. The number of anilines is 1. The van der Waals surface area contributed by atoms with Crippen LogP contribution in [0.5, 0.6) is 0 Å². The standard InChI is InChI=1S/C20H22FN5O3S/c1-11(2)9-26-17-16(19(28)25(4)20(26)29)18(23-12(3)22-17)30-10-15(27)24-14-8-6-5-7-13(14)21/h5-8,11H,9-10H2,1-4H3,(H,24,27). The number of thioether (sulfide) groups is 1. The van der Waals surface area contributed by atoms with Crippen LogP contribution in [-0.4, -0.2) is 30.8 Å². The smallest absolute Gasteiger partial charge is 0.323 e. The molecule has 0 fully saturated rings. The topological polar surface area (TPSA) is 98.9 Å². The molecule has 10 heteroatoms. The molecule has 0 aliphatic rings. The van der Waals surface area contributed by atoms with Gasteiger partial charge in [0.15, 0.2) is 5.65 Å². The number of halogens is 1. The van der Waals surface area contributed by atoms with Crippen LogP contribution in [0.3, 0.4) is 0 Å². The summed E-state index contributed by atoms with van der Waals surface area (Å²) in [5, 5.41) is 2.99. The molecule has 1 N–H and O–H groups in total. The molecule has 1 amide bonds. The second kappa shape index (κ2) is 8.78. The lowest BCUT2D eigenvalue weighted by Crippen LogP contribution is -2.39. The van der Waals surface area contributed by atoms with Gasteiger partial charge >= 0.3 is 5.69 Å². The molecular formula is C20H22FN5O3S. The summed E-state index contributed by atoms with van der Waals surface area (Å²) in [5.41, 5.74) is -0.644. The fourth-order valence-corrected chi connectivity index (χ4v) is 3.82. The summed E-state index contributed by atoms with van der Waals surface area (Å²) in [6.07, 6.45) is 0. The Hall–Kier alpha value is -3.01. The minimum atomic E-state index is -0.536. The highest BCUT2D eigenvalue weighted by Gasteiger charge is 2.19. The van der Waals surface area contributed by atoms with E-state index in [0.717, 1.165) is 16.3 Å². The van der Waals surface area contributed by atoms with E-state index >= 15 is 0 Å². The zero-order chi connectivity index (χ0) is 22.0. The summed E-state index contributed by atoms with van der Waals surface area (Å²) in [6, 6.07) is 5.86. The van der Waals surface area contributed by atoms with Gasteiger partial charge in [-0.2, -0.15) is 0 Å². The van der Waals surface area contributed by atoms with Crippen molar-refractivity contribution in [3.63, 3.8) is 0 Å². The summed E-state index contributed by atoms with van der Waals surface area (Å²) in [6.45, 7) is 5.96. The van der Waals surface area contributed by atoms with Gasteiger partial charge in [0.1, 0.15) is 22.1 Å². The van der Waals surface area contributed by atoms with E-state index in [0.29, 0.717) is 17.4 Å². The van der Waals surface area contributed by atoms with Crippen molar-refractivity contribution in [2.45, 2.75) is 32.3 Å². The second-order valence-corrected chi connectivity index (χ2v) is 8.21. The van der Waals surface area contributed by atoms with Crippen molar-refractivity contribution in [1.29, 1.82) is 0 Å². The molecule has 0 atom stereocenters. The zero-order valence-electron chi connectivity index (χ0n) is 17.1. The first kappa shape index (κ1) is 21.7. The van der Waals surface area contributed by atoms with Crippen molar-refractivity contribution >= 4 is 34.4 Å². The maximum atomic E-state index is 13.7. The van der Waals surface area contributed by atoms with Crippen LogP contribution >= 0.6 is 11.8 Å². The first-order valence-corrected chi connectivity index (χ1v) is 10.3. The van der Waals surface area contributed by atoms with Crippen molar-refractivity contribution in [2.75, 3.05) is 11.1 Å². The van der Waals surface area contributed by atoms with E-state index in [1.165, 1.54) is 29.8 Å². The summed E-state index contributed by atoms with van der Waals surface area (Å²) in [4.78, 5) is 46.4. The summed E-state index contributed by atoms with van der Waals surface area (Å²) in [7, 11) is 1.40. The zero-order valence-corrected chi connectivity index (χ0v) is 17.9. The van der Waals surface area contributed by atoms with Crippen LogP contribution in [-0.2, 0) is 18.4 Å². The van der Waals surface area contributed by atoms with Gasteiger partial charge in [-0.1, -0.05) is 37.7 Å². The average molecular weight is 431 g/mol. The number of nitrogens with zero attached hydrogens (tertiary/aromatic N) is 4. The highest BCUT2D eigenvalue weighted by molar-refractivity contribution is 8.00. The largest absolute Gasteiger partial charge is 0.332 e. The van der Waals surface area contributed by atoms with Crippen LogP contribution < -0.4 is 16.6 Å². The van der Waals surface area contributed by atoms with Crippen LogP contribution in [0.1, 0.15) is 19.7 Å². The van der Waals surface area contributed by atoms with Crippen LogP contribution in [0.15, 0.2) is 38.9 Å². The predicted octanol–water partition coefficient (Wildman–Crippen LogP) is 2.32. The molecule has 1 aromatic carbocycles. The SMILES string of the molecule is Cc1nc(SCC(=O)Nc2ccccc2F)c2c(=O)n(C)c(=O)n(CC(C)C)c2n1. The highest BCUT2D eigenvalue weighted by atomic mass is 32.2. The Bertz CT molecular complexity index is 1240. The minimum Gasteiger partial charge on any atom is -0.323 e. The van der Waals surface area contributed by atoms with Crippen molar-refractivity contribution in [1.82, 2.24) is 19.1 Å². The molecule has 0 aliphatic heterocycles. The summed E-state index contributed by atoms with van der Waals surface area (Å²) in [5.74, 6) is -0.537. The van der Waals surface area contributed by atoms with Crippen LogP contribution in [0.2, 0.25) is 0 Å². The Labute approximate surface area is 176 Å². The average Bonchev–Trinajstić information content (AvgIpc) is 2.69. The first-order chi connectivity index (χ1) is 14.2. The molecule has 0 radical (unpaired) electrons. The fraction of sp³-hybridized carbons (Fsp3) is 0.350. The van der Waals surface area contributed by atoms with E-state index < -0.39 is 23.0 Å². The van der Waals surface area contributed by atoms with Gasteiger partial charge in [-0.25, -0.2) is 19.2 Å². The molecule has 8 nitrogen and oxygen atoms in total. The molecule has 0 unspecified atom stereocenters. The quantitative estimate of drug-likeness (QED) is 0.475. The van der Waals surface area contributed by atoms with Gasteiger partial charge in [0.25, 0.3) is 5.56 Å². The lowest BCUT2D eigenvalue weighted by atomic mass is 10.2. The van der Waals surface area contributed by atoms with Crippen LogP contribution in [0.4, 0.5) is 10.1 Å². The summed E-state index contributed by atoms with van der Waals surface area (Å²) < 4.78 is 16.2. The van der Waals surface area contributed by atoms with Gasteiger partial charge in [0.2, 0.25) is 5.91 Å². The third-order valence-electron chi connectivity index (χ3n) is 4.30. The number of para-hydroxylation sites is 1. The first-order valence-electron chi connectivity index (χ1n) is 9.34. The molecule has 30 heavy (non-hydrogen) atoms. The number of aromatic nitrogens is 4. The van der Waals surface area contributed by atoms with E-state index in [1.807, 2.05) is 13.8 Å². The molecule has 0 saturated carbocycles. The predicted molar refractivity (Wildman–Crippen MR) is 114 cm³/mol. The number of aryl methyl sites for hydroxylation is 1.